The number of hydrazone groups is 1. The molecule has 0 aliphatic heterocycles. The summed E-state index contributed by atoms with van der Waals surface area (Å²) in [4.78, 5) is 11.9. The van der Waals surface area contributed by atoms with Crippen LogP contribution in [0.2, 0.25) is 0 Å². The van der Waals surface area contributed by atoms with Crippen LogP contribution in [0.15, 0.2) is 52.0 Å². The van der Waals surface area contributed by atoms with Gasteiger partial charge in [0.25, 0.3) is 0 Å². The Morgan fingerprint density at radius 2 is 2.07 bits per heavy atom. The summed E-state index contributed by atoms with van der Waals surface area (Å²) in [6.07, 6.45) is 1.35. The fourth-order valence-electron chi connectivity index (χ4n) is 2.44. The number of nitrogens with zero attached hydrogens (tertiary/aromatic N) is 1. The standard InChI is InChI=1S/C20H23BrN2O4/c1-3-27-20-16(21)11-14(12-18(20)26-2)13-22-23-19(25)10-9-17(24)15-7-5-4-6-8-15/h4-8,11-13,17,24H,3,9-10H2,1-2H3,(H,23,25)/b22-13-/t17-/m0/s1. The van der Waals surface area contributed by atoms with Crippen molar-refractivity contribution in [3.05, 3.63) is 58.1 Å². The molecule has 2 rings (SSSR count). The number of rotatable bonds is 9. The first-order valence-corrected chi connectivity index (χ1v) is 9.39. The summed E-state index contributed by atoms with van der Waals surface area (Å²) in [6, 6.07) is 12.8. The molecule has 0 saturated heterocycles. The largest absolute Gasteiger partial charge is 0.493 e. The van der Waals surface area contributed by atoms with E-state index in [2.05, 4.69) is 26.5 Å². The Bertz CT molecular complexity index is 781. The van der Waals surface area contributed by atoms with Gasteiger partial charge < -0.3 is 14.6 Å². The van der Waals surface area contributed by atoms with E-state index in [0.29, 0.717) is 24.5 Å². The second kappa shape index (κ2) is 10.7. The Morgan fingerprint density at radius 3 is 2.74 bits per heavy atom. The maximum absolute atomic E-state index is 11.9. The van der Waals surface area contributed by atoms with Crippen molar-refractivity contribution < 1.29 is 19.4 Å². The SMILES string of the molecule is CCOc1c(Br)cc(/C=N\NC(=O)CC[C@H](O)c2ccccc2)cc1OC. The molecular formula is C20H23BrN2O4. The topological polar surface area (TPSA) is 80.2 Å². The molecule has 7 heteroatoms. The van der Waals surface area contributed by atoms with E-state index in [1.54, 1.807) is 13.2 Å². The van der Waals surface area contributed by atoms with Gasteiger partial charge in [0.1, 0.15) is 0 Å². The molecule has 0 fully saturated rings. The number of nitrogens with one attached hydrogen (secondary N) is 1. The van der Waals surface area contributed by atoms with E-state index in [0.717, 1.165) is 15.6 Å². The molecule has 2 aromatic carbocycles. The molecule has 0 radical (unpaired) electrons. The third kappa shape index (κ3) is 6.37. The molecule has 0 aliphatic rings. The molecule has 0 aliphatic carbocycles. The maximum Gasteiger partial charge on any atom is 0.240 e. The lowest BCUT2D eigenvalue weighted by Crippen LogP contribution is -2.18. The van der Waals surface area contributed by atoms with E-state index in [1.807, 2.05) is 43.3 Å². The Morgan fingerprint density at radius 1 is 1.33 bits per heavy atom. The predicted molar refractivity (Wildman–Crippen MR) is 108 cm³/mol. The second-order valence-electron chi connectivity index (χ2n) is 5.73. The summed E-state index contributed by atoms with van der Waals surface area (Å²) < 4.78 is 11.6. The number of hydrogen-bond acceptors (Lipinski definition) is 5. The summed E-state index contributed by atoms with van der Waals surface area (Å²) in [7, 11) is 1.56. The number of methoxy groups -OCH3 is 1. The highest BCUT2D eigenvalue weighted by atomic mass is 79.9. The van der Waals surface area contributed by atoms with E-state index in [4.69, 9.17) is 9.47 Å². The molecule has 6 nitrogen and oxygen atoms in total. The minimum atomic E-state index is -0.674. The zero-order valence-electron chi connectivity index (χ0n) is 15.3. The van der Waals surface area contributed by atoms with Crippen LogP contribution in [-0.2, 0) is 4.79 Å². The molecule has 0 bridgehead atoms. The smallest absolute Gasteiger partial charge is 0.240 e. The molecule has 1 atom stereocenters. The minimum Gasteiger partial charge on any atom is -0.493 e. The highest BCUT2D eigenvalue weighted by Gasteiger charge is 2.11. The van der Waals surface area contributed by atoms with Crippen molar-refractivity contribution >= 4 is 28.1 Å². The van der Waals surface area contributed by atoms with Crippen molar-refractivity contribution in [2.24, 2.45) is 5.10 Å². The molecule has 2 N–H and O–H groups in total. The van der Waals surface area contributed by atoms with Gasteiger partial charge in [0, 0.05) is 6.42 Å². The van der Waals surface area contributed by atoms with Gasteiger partial charge in [0.05, 0.1) is 30.5 Å². The van der Waals surface area contributed by atoms with Crippen LogP contribution in [0, 0.1) is 0 Å². The molecule has 2 aromatic rings. The quantitative estimate of drug-likeness (QED) is 0.464. The van der Waals surface area contributed by atoms with E-state index in [-0.39, 0.29) is 12.3 Å². The maximum atomic E-state index is 11.9. The van der Waals surface area contributed by atoms with Crippen LogP contribution in [0.1, 0.15) is 37.0 Å². The Hall–Kier alpha value is -2.38. The fourth-order valence-corrected chi connectivity index (χ4v) is 3.02. The van der Waals surface area contributed by atoms with Gasteiger partial charge in [-0.3, -0.25) is 4.79 Å². The van der Waals surface area contributed by atoms with Gasteiger partial charge in [-0.05, 0) is 52.5 Å². The average Bonchev–Trinajstić information content (AvgIpc) is 2.68. The van der Waals surface area contributed by atoms with Crippen LogP contribution < -0.4 is 14.9 Å². The van der Waals surface area contributed by atoms with Crippen molar-refractivity contribution in [1.29, 1.82) is 0 Å². The molecular weight excluding hydrogens is 412 g/mol. The van der Waals surface area contributed by atoms with Crippen LogP contribution in [-0.4, -0.2) is 30.9 Å². The minimum absolute atomic E-state index is 0.170. The van der Waals surface area contributed by atoms with Gasteiger partial charge in [-0.15, -0.1) is 0 Å². The van der Waals surface area contributed by atoms with E-state index < -0.39 is 6.10 Å². The van der Waals surface area contributed by atoms with Gasteiger partial charge in [0.2, 0.25) is 5.91 Å². The van der Waals surface area contributed by atoms with Gasteiger partial charge in [-0.2, -0.15) is 5.10 Å². The first kappa shape index (κ1) is 20.9. The van der Waals surface area contributed by atoms with Crippen LogP contribution in [0.25, 0.3) is 0 Å². The van der Waals surface area contributed by atoms with Crippen molar-refractivity contribution in [3.63, 3.8) is 0 Å². The Balaban J connectivity index is 1.89. The molecule has 0 unspecified atom stereocenters. The van der Waals surface area contributed by atoms with E-state index >= 15 is 0 Å². The number of ether oxygens (including phenoxy) is 2. The van der Waals surface area contributed by atoms with E-state index in [9.17, 15) is 9.90 Å². The molecule has 0 saturated carbocycles. The van der Waals surface area contributed by atoms with Crippen LogP contribution in [0.3, 0.4) is 0 Å². The summed E-state index contributed by atoms with van der Waals surface area (Å²) in [5.41, 5.74) is 4.00. The normalized spacial score (nSPS) is 12.0. The van der Waals surface area contributed by atoms with Gasteiger partial charge in [-0.1, -0.05) is 30.3 Å². The van der Waals surface area contributed by atoms with Crippen molar-refractivity contribution in [2.45, 2.75) is 25.9 Å². The predicted octanol–water partition coefficient (Wildman–Crippen LogP) is 3.82. The number of benzene rings is 2. The third-order valence-electron chi connectivity index (χ3n) is 3.77. The third-order valence-corrected chi connectivity index (χ3v) is 4.36. The number of aliphatic hydroxyl groups excluding tert-OH is 1. The number of carbonyl (C=O) groups is 1. The Kier molecular flexibility index (Phi) is 8.29. The number of amides is 1. The first-order valence-electron chi connectivity index (χ1n) is 8.60. The van der Waals surface area contributed by atoms with Crippen LogP contribution >= 0.6 is 15.9 Å². The molecule has 0 spiro atoms. The number of carbonyl (C=O) groups excluding carboxylic acids is 1. The molecule has 144 valence electrons. The summed E-state index contributed by atoms with van der Waals surface area (Å²) >= 11 is 3.44. The average molecular weight is 435 g/mol. The second-order valence-corrected chi connectivity index (χ2v) is 6.58. The van der Waals surface area contributed by atoms with Crippen LogP contribution in [0.4, 0.5) is 0 Å². The Labute approximate surface area is 167 Å². The van der Waals surface area contributed by atoms with E-state index in [1.165, 1.54) is 6.21 Å². The zero-order valence-corrected chi connectivity index (χ0v) is 16.9. The highest BCUT2D eigenvalue weighted by Crippen LogP contribution is 2.36. The zero-order chi connectivity index (χ0) is 19.6. The summed E-state index contributed by atoms with van der Waals surface area (Å²) in [6.45, 7) is 2.42. The lowest BCUT2D eigenvalue weighted by atomic mass is 10.1. The fraction of sp³-hybridized carbons (Fsp3) is 0.300. The highest BCUT2D eigenvalue weighted by molar-refractivity contribution is 9.10. The van der Waals surface area contributed by atoms with Crippen molar-refractivity contribution in [1.82, 2.24) is 5.43 Å². The van der Waals surface area contributed by atoms with Crippen molar-refractivity contribution in [2.75, 3.05) is 13.7 Å². The van der Waals surface area contributed by atoms with Gasteiger partial charge >= 0.3 is 0 Å². The molecule has 1 amide bonds. The number of hydrogen-bond donors (Lipinski definition) is 2. The lowest BCUT2D eigenvalue weighted by molar-refractivity contribution is -0.121. The molecule has 0 aromatic heterocycles. The van der Waals surface area contributed by atoms with Crippen LogP contribution in [0.5, 0.6) is 11.5 Å². The van der Waals surface area contributed by atoms with Gasteiger partial charge in [-0.25, -0.2) is 5.43 Å². The summed E-state index contributed by atoms with van der Waals surface area (Å²) in [5, 5.41) is 14.0. The van der Waals surface area contributed by atoms with Gasteiger partial charge in [0.15, 0.2) is 11.5 Å². The molecule has 27 heavy (non-hydrogen) atoms. The summed E-state index contributed by atoms with van der Waals surface area (Å²) in [5.74, 6) is 0.930. The number of halogens is 1. The lowest BCUT2D eigenvalue weighted by Gasteiger charge is -2.12. The first-order chi connectivity index (χ1) is 13.0. The number of aliphatic hydroxyl groups is 1. The monoisotopic (exact) mass is 434 g/mol. The molecule has 0 heterocycles. The van der Waals surface area contributed by atoms with Crippen molar-refractivity contribution in [3.8, 4) is 11.5 Å².